The van der Waals surface area contributed by atoms with E-state index in [0.717, 1.165) is 18.8 Å². The summed E-state index contributed by atoms with van der Waals surface area (Å²) in [6.07, 6.45) is 0. The summed E-state index contributed by atoms with van der Waals surface area (Å²) in [5.41, 5.74) is 7.36. The van der Waals surface area contributed by atoms with Crippen molar-refractivity contribution in [3.8, 4) is 0 Å². The van der Waals surface area contributed by atoms with Crippen LogP contribution in [0, 0.1) is 0 Å². The van der Waals surface area contributed by atoms with Gasteiger partial charge in [-0.2, -0.15) is 0 Å². The van der Waals surface area contributed by atoms with Gasteiger partial charge in [0.15, 0.2) is 0 Å². The zero-order valence-electron chi connectivity index (χ0n) is 17.6. The van der Waals surface area contributed by atoms with Crippen LogP contribution in [0.15, 0.2) is 35.7 Å². The summed E-state index contributed by atoms with van der Waals surface area (Å²) < 4.78 is 5.36. The first kappa shape index (κ1) is 22.7. The predicted octanol–water partition coefficient (Wildman–Crippen LogP) is 1.58. The second-order valence-electron chi connectivity index (χ2n) is 7.30. The van der Waals surface area contributed by atoms with Gasteiger partial charge in [-0.3, -0.25) is 19.3 Å². The Bertz CT molecular complexity index is 924. The first-order valence-electron chi connectivity index (χ1n) is 9.96. The minimum absolute atomic E-state index is 0.0346. The molecule has 166 valence electrons. The van der Waals surface area contributed by atoms with Gasteiger partial charge in [0, 0.05) is 24.5 Å². The number of carbonyl (C=O) groups is 3. The van der Waals surface area contributed by atoms with Gasteiger partial charge in [0.05, 0.1) is 31.4 Å². The molecular formula is C21H27N5O4S. The van der Waals surface area contributed by atoms with E-state index in [2.05, 4.69) is 15.5 Å². The van der Waals surface area contributed by atoms with Gasteiger partial charge in [0.2, 0.25) is 11.8 Å². The number of nitrogens with one attached hydrogen (secondary N) is 2. The normalized spacial score (nSPS) is 14.9. The highest BCUT2D eigenvalue weighted by atomic mass is 32.1. The molecule has 4 N–H and O–H groups in total. The second kappa shape index (κ2) is 10.4. The smallest absolute Gasteiger partial charge is 0.251 e. The Morgan fingerprint density at radius 2 is 1.84 bits per heavy atom. The van der Waals surface area contributed by atoms with Gasteiger partial charge in [-0.05, 0) is 49.7 Å². The summed E-state index contributed by atoms with van der Waals surface area (Å²) in [4.78, 5) is 40.2. The zero-order chi connectivity index (χ0) is 22.4. The van der Waals surface area contributed by atoms with E-state index in [1.54, 1.807) is 30.3 Å². The Balaban J connectivity index is 1.50. The Hall–Kier alpha value is -2.95. The average molecular weight is 446 g/mol. The summed E-state index contributed by atoms with van der Waals surface area (Å²) in [6, 6.07) is 8.64. The third-order valence-electron chi connectivity index (χ3n) is 5.13. The van der Waals surface area contributed by atoms with Crippen LogP contribution < -0.4 is 21.3 Å². The summed E-state index contributed by atoms with van der Waals surface area (Å²) in [6.45, 7) is 4.86. The summed E-state index contributed by atoms with van der Waals surface area (Å²) in [5.74, 6) is -1.15. The molecule has 0 bridgehead atoms. The highest BCUT2D eigenvalue weighted by Crippen LogP contribution is 2.23. The fraction of sp³-hybridized carbons (Fsp3) is 0.381. The van der Waals surface area contributed by atoms with E-state index < -0.39 is 11.9 Å². The number of thiophene rings is 1. The maximum Gasteiger partial charge on any atom is 0.251 e. The van der Waals surface area contributed by atoms with Crippen LogP contribution >= 0.6 is 11.3 Å². The SMILES string of the molecule is CC(C(=O)Nc1sccc1C(N)=O)N(C)CC(=O)Nc1ccc(N2CCOCC2)cc1. The van der Waals surface area contributed by atoms with E-state index in [9.17, 15) is 14.4 Å². The number of likely N-dealkylation sites (N-methyl/N-ethyl adjacent to an activating group) is 1. The van der Waals surface area contributed by atoms with Gasteiger partial charge < -0.3 is 26.0 Å². The molecular weight excluding hydrogens is 418 g/mol. The van der Waals surface area contributed by atoms with Crippen LogP contribution in [-0.4, -0.2) is 68.6 Å². The van der Waals surface area contributed by atoms with Crippen molar-refractivity contribution >= 4 is 45.4 Å². The molecule has 0 saturated carbocycles. The van der Waals surface area contributed by atoms with Crippen molar-refractivity contribution in [2.45, 2.75) is 13.0 Å². The third kappa shape index (κ3) is 6.03. The fourth-order valence-electron chi connectivity index (χ4n) is 3.16. The molecule has 0 radical (unpaired) electrons. The lowest BCUT2D eigenvalue weighted by Gasteiger charge is -2.29. The van der Waals surface area contributed by atoms with Gasteiger partial charge in [0.25, 0.3) is 5.91 Å². The molecule has 3 amide bonds. The van der Waals surface area contributed by atoms with E-state index in [1.165, 1.54) is 11.3 Å². The van der Waals surface area contributed by atoms with Gasteiger partial charge in [-0.1, -0.05) is 0 Å². The maximum absolute atomic E-state index is 12.5. The highest BCUT2D eigenvalue weighted by Gasteiger charge is 2.22. The molecule has 1 aliphatic heterocycles. The number of morpholine rings is 1. The summed E-state index contributed by atoms with van der Waals surface area (Å²) >= 11 is 1.22. The molecule has 1 saturated heterocycles. The van der Waals surface area contributed by atoms with Crippen molar-refractivity contribution in [3.63, 3.8) is 0 Å². The number of ether oxygens (including phenoxy) is 1. The van der Waals surface area contributed by atoms with Crippen molar-refractivity contribution in [2.75, 3.05) is 55.4 Å². The van der Waals surface area contributed by atoms with Gasteiger partial charge in [-0.15, -0.1) is 11.3 Å². The molecule has 1 aliphatic rings. The summed E-state index contributed by atoms with van der Waals surface area (Å²) in [5, 5.41) is 7.64. The number of hydrogen-bond donors (Lipinski definition) is 3. The molecule has 3 rings (SSSR count). The molecule has 1 atom stereocenters. The number of nitrogens with zero attached hydrogens (tertiary/aromatic N) is 2. The van der Waals surface area contributed by atoms with Crippen molar-refractivity contribution in [2.24, 2.45) is 5.73 Å². The number of benzene rings is 1. The van der Waals surface area contributed by atoms with Crippen LogP contribution in [0.2, 0.25) is 0 Å². The Morgan fingerprint density at radius 3 is 2.48 bits per heavy atom. The summed E-state index contributed by atoms with van der Waals surface area (Å²) in [7, 11) is 1.69. The van der Waals surface area contributed by atoms with Crippen LogP contribution in [0.4, 0.5) is 16.4 Å². The van der Waals surface area contributed by atoms with E-state index >= 15 is 0 Å². The lowest BCUT2D eigenvalue weighted by Crippen LogP contribution is -2.43. The lowest BCUT2D eigenvalue weighted by molar-refractivity contribution is -0.122. The minimum atomic E-state index is -0.600. The maximum atomic E-state index is 12.5. The van der Waals surface area contributed by atoms with Crippen LogP contribution in [0.5, 0.6) is 0 Å². The third-order valence-corrected chi connectivity index (χ3v) is 5.96. The van der Waals surface area contributed by atoms with Crippen molar-refractivity contribution in [1.29, 1.82) is 0 Å². The number of hydrogen-bond acceptors (Lipinski definition) is 7. The van der Waals surface area contributed by atoms with Crippen molar-refractivity contribution in [3.05, 3.63) is 41.3 Å². The Kier molecular flexibility index (Phi) is 7.61. The molecule has 10 heteroatoms. The molecule has 31 heavy (non-hydrogen) atoms. The molecule has 9 nitrogen and oxygen atoms in total. The fourth-order valence-corrected chi connectivity index (χ4v) is 3.95. The van der Waals surface area contributed by atoms with E-state index in [0.29, 0.717) is 23.9 Å². The first-order chi connectivity index (χ1) is 14.8. The topological polar surface area (TPSA) is 117 Å². The monoisotopic (exact) mass is 445 g/mol. The van der Waals surface area contributed by atoms with Gasteiger partial charge >= 0.3 is 0 Å². The van der Waals surface area contributed by atoms with Gasteiger partial charge in [-0.25, -0.2) is 0 Å². The van der Waals surface area contributed by atoms with Crippen LogP contribution in [0.1, 0.15) is 17.3 Å². The van der Waals surface area contributed by atoms with Crippen LogP contribution in [0.25, 0.3) is 0 Å². The molecule has 1 unspecified atom stereocenters. The van der Waals surface area contributed by atoms with Crippen LogP contribution in [-0.2, 0) is 14.3 Å². The number of amides is 3. The van der Waals surface area contributed by atoms with Gasteiger partial charge in [0.1, 0.15) is 5.00 Å². The number of rotatable bonds is 8. The quantitative estimate of drug-likeness (QED) is 0.568. The molecule has 0 spiro atoms. The highest BCUT2D eigenvalue weighted by molar-refractivity contribution is 7.14. The van der Waals surface area contributed by atoms with Crippen molar-refractivity contribution in [1.82, 2.24) is 4.90 Å². The zero-order valence-corrected chi connectivity index (χ0v) is 18.4. The molecule has 2 aromatic rings. The van der Waals surface area contributed by atoms with Crippen molar-refractivity contribution < 1.29 is 19.1 Å². The average Bonchev–Trinajstić information content (AvgIpc) is 3.22. The second-order valence-corrected chi connectivity index (χ2v) is 8.22. The predicted molar refractivity (Wildman–Crippen MR) is 122 cm³/mol. The van der Waals surface area contributed by atoms with E-state index in [-0.39, 0.29) is 23.9 Å². The largest absolute Gasteiger partial charge is 0.378 e. The van der Waals surface area contributed by atoms with E-state index in [4.69, 9.17) is 10.5 Å². The number of carbonyl (C=O) groups excluding carboxylic acids is 3. The first-order valence-corrected chi connectivity index (χ1v) is 10.8. The molecule has 1 aromatic carbocycles. The molecule has 0 aliphatic carbocycles. The molecule has 1 fully saturated rings. The lowest BCUT2D eigenvalue weighted by atomic mass is 10.2. The molecule has 1 aromatic heterocycles. The standard InChI is InChI=1S/C21H27N5O4S/c1-14(20(29)24-21-17(19(22)28)7-12-31-21)25(2)13-18(27)23-15-3-5-16(6-4-15)26-8-10-30-11-9-26/h3-7,12,14H,8-11,13H2,1-2H3,(H2,22,28)(H,23,27)(H,24,29). The number of nitrogens with two attached hydrogens (primary N) is 1. The Morgan fingerprint density at radius 1 is 1.16 bits per heavy atom. The van der Waals surface area contributed by atoms with Crippen LogP contribution in [0.3, 0.4) is 0 Å². The minimum Gasteiger partial charge on any atom is -0.378 e. The van der Waals surface area contributed by atoms with E-state index in [1.807, 2.05) is 24.3 Å². The number of primary amides is 1. The Labute approximate surface area is 185 Å². The number of anilines is 3. The molecule has 2 heterocycles.